The summed E-state index contributed by atoms with van der Waals surface area (Å²) < 4.78 is 10.5. The van der Waals surface area contributed by atoms with E-state index in [9.17, 15) is 24.9 Å². The van der Waals surface area contributed by atoms with E-state index in [4.69, 9.17) is 9.47 Å². The topological polar surface area (TPSA) is 228 Å². The number of aromatic nitrogens is 4. The van der Waals surface area contributed by atoms with E-state index in [1.54, 1.807) is 36.5 Å². The van der Waals surface area contributed by atoms with Crippen LogP contribution in [0.3, 0.4) is 0 Å². The highest BCUT2D eigenvalue weighted by atomic mass is 16.7. The van der Waals surface area contributed by atoms with E-state index in [0.29, 0.717) is 36.0 Å². The molecule has 17 heteroatoms. The van der Waals surface area contributed by atoms with Crippen LogP contribution >= 0.6 is 0 Å². The van der Waals surface area contributed by atoms with Gasteiger partial charge in [-0.05, 0) is 31.2 Å². The van der Waals surface area contributed by atoms with Gasteiger partial charge in [0.05, 0.1) is 36.8 Å². The Morgan fingerprint density at radius 1 is 1.02 bits per heavy atom. The third-order valence-electron chi connectivity index (χ3n) is 5.91. The van der Waals surface area contributed by atoms with Crippen LogP contribution < -0.4 is 31.4 Å². The van der Waals surface area contributed by atoms with E-state index >= 15 is 0 Å². The Labute approximate surface area is 245 Å². The van der Waals surface area contributed by atoms with Crippen LogP contribution in [0.2, 0.25) is 0 Å². The molecule has 1 aromatic carbocycles. The third kappa shape index (κ3) is 8.53. The summed E-state index contributed by atoms with van der Waals surface area (Å²) in [7, 11) is 2.94. The third-order valence-corrected chi connectivity index (χ3v) is 5.91. The molecule has 1 unspecified atom stereocenters. The van der Waals surface area contributed by atoms with Crippen molar-refractivity contribution in [3.05, 3.63) is 65.6 Å². The first-order valence-corrected chi connectivity index (χ1v) is 12.9. The Morgan fingerprint density at radius 2 is 1.81 bits per heavy atom. The molecule has 0 saturated carbocycles. The number of aliphatic hydroxyl groups is 3. The normalized spacial score (nSPS) is 14.4. The Bertz CT molecular complexity index is 1460. The average molecular weight is 597 g/mol. The molecule has 1 aliphatic rings. The molecule has 1 aliphatic heterocycles. The van der Waals surface area contributed by atoms with Crippen molar-refractivity contribution in [2.75, 3.05) is 44.5 Å². The number of benzene rings is 1. The van der Waals surface area contributed by atoms with E-state index < -0.39 is 12.0 Å². The van der Waals surface area contributed by atoms with E-state index in [2.05, 4.69) is 41.8 Å². The zero-order chi connectivity index (χ0) is 31.0. The molecule has 0 spiro atoms. The largest absolute Gasteiger partial charge is 0.494 e. The molecular weight excluding hydrogens is 564 g/mol. The Morgan fingerprint density at radius 3 is 2.51 bits per heavy atom. The summed E-state index contributed by atoms with van der Waals surface area (Å²) >= 11 is 0. The molecule has 0 bridgehead atoms. The summed E-state index contributed by atoms with van der Waals surface area (Å²) in [5.74, 6) is -0.362. The predicted molar refractivity (Wildman–Crippen MR) is 152 cm³/mol. The van der Waals surface area contributed by atoms with Gasteiger partial charge < -0.3 is 45.8 Å². The van der Waals surface area contributed by atoms with Crippen molar-refractivity contribution in [2.24, 2.45) is 0 Å². The number of amides is 2. The smallest absolute Gasteiger partial charge is 0.369 e. The van der Waals surface area contributed by atoms with Crippen molar-refractivity contribution in [3.8, 4) is 5.75 Å². The van der Waals surface area contributed by atoms with E-state index in [1.807, 2.05) is 23.4 Å². The number of nitrogens with zero attached hydrogens (tertiary/aromatic N) is 5. The van der Waals surface area contributed by atoms with Gasteiger partial charge in [0.25, 0.3) is 5.91 Å². The Kier molecular flexibility index (Phi) is 9.96. The fourth-order valence-electron chi connectivity index (χ4n) is 4.06. The van der Waals surface area contributed by atoms with Crippen molar-refractivity contribution in [2.45, 2.75) is 19.1 Å². The highest BCUT2D eigenvalue weighted by molar-refractivity contribution is 5.99. The maximum atomic E-state index is 12.7. The number of carbonyl (C=O) groups is 2. The fourth-order valence-corrected chi connectivity index (χ4v) is 4.06. The molecule has 2 amide bonds. The molecule has 0 aliphatic carbocycles. The molecule has 228 valence electrons. The molecular formula is C26H32N10O7. The Hall–Kier alpha value is -4.94. The molecule has 43 heavy (non-hydrogen) atoms. The first kappa shape index (κ1) is 31.0. The molecule has 0 saturated heterocycles. The van der Waals surface area contributed by atoms with Crippen LogP contribution in [0.15, 0.2) is 48.7 Å². The molecule has 0 fully saturated rings. The van der Waals surface area contributed by atoms with Crippen LogP contribution in [0.5, 0.6) is 5.75 Å². The quantitative estimate of drug-likeness (QED) is 0.117. The van der Waals surface area contributed by atoms with Crippen LogP contribution in [-0.4, -0.2) is 92.6 Å². The number of ether oxygens (including phenoxy) is 2. The molecule has 4 rings (SSSR count). The van der Waals surface area contributed by atoms with Gasteiger partial charge in [0, 0.05) is 31.5 Å². The van der Waals surface area contributed by atoms with Gasteiger partial charge in [0.2, 0.25) is 5.91 Å². The second-order valence-corrected chi connectivity index (χ2v) is 9.24. The number of methoxy groups -OCH3 is 2. The van der Waals surface area contributed by atoms with Crippen molar-refractivity contribution < 1.29 is 34.4 Å². The van der Waals surface area contributed by atoms with Gasteiger partial charge in [0.15, 0.2) is 17.3 Å². The fraction of sp³-hybridized carbons (Fsp3) is 0.308. The molecule has 8 N–H and O–H groups in total. The lowest BCUT2D eigenvalue weighted by molar-refractivity contribution is -0.323. The number of hydrogen-bond donors (Lipinski definition) is 8. The highest BCUT2D eigenvalue weighted by Gasteiger charge is 2.27. The van der Waals surface area contributed by atoms with Crippen LogP contribution in [0, 0.1) is 6.92 Å². The van der Waals surface area contributed by atoms with Gasteiger partial charge in [-0.15, -0.1) is 15.3 Å². The Balaban J connectivity index is 1.57. The summed E-state index contributed by atoms with van der Waals surface area (Å²) in [4.78, 5) is 24.4. The first-order chi connectivity index (χ1) is 20.6. The lowest BCUT2D eigenvalue weighted by Gasteiger charge is -2.23. The van der Waals surface area contributed by atoms with Crippen molar-refractivity contribution in [1.29, 1.82) is 0 Å². The predicted octanol–water partition coefficient (Wildman–Crippen LogP) is -0.474. The first-order valence-electron chi connectivity index (χ1n) is 12.9. The minimum Gasteiger partial charge on any atom is -0.494 e. The number of anilines is 4. The standard InChI is InChI=1S/C26H32N10O7/c1-15-7-8-20(32-31-15)29-21-13-19(23(34-33-21)25(38)30-26(39,40)41)28-18-6-4-5-16(24(18)43-3)17-9-11-36(35-17)12-10-27-22(37)14-42-2/h4-9,11,13,17,35,39-41H,10,12,14H2,1-3H3,(H,27,37)(H,30,38)(H2,28,29,32,33). The number of hydrogen-bond acceptors (Lipinski definition) is 15. The van der Waals surface area contributed by atoms with Gasteiger partial charge in [-0.2, -0.15) is 5.10 Å². The molecule has 3 heterocycles. The second kappa shape index (κ2) is 13.8. The van der Waals surface area contributed by atoms with Crippen molar-refractivity contribution in [1.82, 2.24) is 41.5 Å². The van der Waals surface area contributed by atoms with Crippen LogP contribution in [0.25, 0.3) is 0 Å². The minimum absolute atomic E-state index is 0.0161. The monoisotopic (exact) mass is 596 g/mol. The summed E-state index contributed by atoms with van der Waals surface area (Å²) in [6.45, 7) is 2.66. The van der Waals surface area contributed by atoms with Gasteiger partial charge in [0.1, 0.15) is 12.4 Å². The zero-order valence-electron chi connectivity index (χ0n) is 23.5. The molecule has 1 atom stereocenters. The lowest BCUT2D eigenvalue weighted by atomic mass is 10.1. The van der Waals surface area contributed by atoms with Crippen LogP contribution in [0.1, 0.15) is 27.8 Å². The second-order valence-electron chi connectivity index (χ2n) is 9.24. The molecule has 17 nitrogen and oxygen atoms in total. The maximum Gasteiger partial charge on any atom is 0.369 e. The summed E-state index contributed by atoms with van der Waals surface area (Å²) in [6, 6.07) is 9.92. The SMILES string of the molecule is COCC(=O)NCCN1C=CC(c2cccc(Nc3cc(Nc4ccc(C)nn4)nnc3C(=O)NC(O)(O)O)c2OC)N1. The number of para-hydroxylation sites is 1. The van der Waals surface area contributed by atoms with Gasteiger partial charge in [-0.25, -0.2) is 5.43 Å². The van der Waals surface area contributed by atoms with Gasteiger partial charge in [-0.3, -0.25) is 14.9 Å². The molecule has 3 aromatic rings. The minimum atomic E-state index is -3.49. The van der Waals surface area contributed by atoms with E-state index in [-0.39, 0.29) is 35.8 Å². The average Bonchev–Trinajstić information content (AvgIpc) is 3.42. The highest BCUT2D eigenvalue weighted by Crippen LogP contribution is 2.37. The zero-order valence-corrected chi connectivity index (χ0v) is 23.5. The molecule has 2 aromatic heterocycles. The lowest BCUT2D eigenvalue weighted by Crippen LogP contribution is -2.48. The number of carbonyl (C=O) groups excluding carboxylic acids is 2. The van der Waals surface area contributed by atoms with Crippen molar-refractivity contribution in [3.63, 3.8) is 0 Å². The maximum absolute atomic E-state index is 12.7. The molecule has 0 radical (unpaired) electrons. The van der Waals surface area contributed by atoms with E-state index in [1.165, 1.54) is 20.3 Å². The van der Waals surface area contributed by atoms with Crippen molar-refractivity contribution >= 4 is 34.8 Å². The summed E-state index contributed by atoms with van der Waals surface area (Å²) in [5, 5.41) is 56.0. The van der Waals surface area contributed by atoms with Crippen LogP contribution in [0.4, 0.5) is 23.0 Å². The summed E-state index contributed by atoms with van der Waals surface area (Å²) in [5.41, 5.74) is 4.92. The number of nitrogens with one attached hydrogen (secondary N) is 5. The van der Waals surface area contributed by atoms with E-state index in [0.717, 1.165) is 5.56 Å². The van der Waals surface area contributed by atoms with Crippen LogP contribution in [-0.2, 0) is 9.53 Å². The number of aryl methyl sites for hydroxylation is 1. The number of hydrazine groups is 1. The van der Waals surface area contributed by atoms with Gasteiger partial charge in [-0.1, -0.05) is 12.1 Å². The summed E-state index contributed by atoms with van der Waals surface area (Å²) in [6.07, 6.45) is 0.277. The van der Waals surface area contributed by atoms with Gasteiger partial charge >= 0.3 is 6.10 Å². The number of rotatable bonds is 13.